The van der Waals surface area contributed by atoms with E-state index in [2.05, 4.69) is 26.6 Å². The standard InChI is InChI=1S/C30H30ClN5O2S/c1-5-27(38)33-23-11-10-21(14-17(23)2)36-29(28(34-30(36)39)24-8-6-7-13-32-24)22-15-18(3)35(19(22)4)25-16-20(31)9-12-26(25)37/h6-16,28-29,37H,5H2,1-4H3,(H,33,38)(H,34,39)/t28-,29+/m1/s1. The predicted octanol–water partition coefficient (Wildman–Crippen LogP) is 6.68. The van der Waals surface area contributed by atoms with E-state index >= 15 is 0 Å². The van der Waals surface area contributed by atoms with E-state index < -0.39 is 0 Å². The number of nitrogens with one attached hydrogen (secondary N) is 2. The highest BCUT2D eigenvalue weighted by molar-refractivity contribution is 7.80. The van der Waals surface area contributed by atoms with E-state index in [1.165, 1.54) is 0 Å². The summed E-state index contributed by atoms with van der Waals surface area (Å²) < 4.78 is 2.01. The van der Waals surface area contributed by atoms with Gasteiger partial charge in [-0.15, -0.1) is 0 Å². The number of anilines is 2. The molecule has 0 spiro atoms. The van der Waals surface area contributed by atoms with E-state index in [0.717, 1.165) is 39.6 Å². The van der Waals surface area contributed by atoms with Crippen molar-refractivity contribution in [1.29, 1.82) is 0 Å². The summed E-state index contributed by atoms with van der Waals surface area (Å²) in [4.78, 5) is 18.8. The smallest absolute Gasteiger partial charge is 0.224 e. The number of aromatic nitrogens is 2. The van der Waals surface area contributed by atoms with Gasteiger partial charge in [0.2, 0.25) is 5.91 Å². The van der Waals surface area contributed by atoms with Gasteiger partial charge in [-0.3, -0.25) is 9.78 Å². The number of aryl methyl sites for hydroxylation is 2. The highest BCUT2D eigenvalue weighted by Gasteiger charge is 2.42. The molecule has 200 valence electrons. The monoisotopic (exact) mass is 559 g/mol. The minimum atomic E-state index is -0.232. The van der Waals surface area contributed by atoms with E-state index in [4.69, 9.17) is 23.8 Å². The number of pyridine rings is 1. The maximum atomic E-state index is 12.0. The highest BCUT2D eigenvalue weighted by Crippen LogP contribution is 2.44. The second-order valence-corrected chi connectivity index (χ2v) is 10.5. The summed E-state index contributed by atoms with van der Waals surface area (Å²) in [6, 6.07) is 18.5. The van der Waals surface area contributed by atoms with Crippen LogP contribution in [-0.2, 0) is 4.79 Å². The Morgan fingerprint density at radius 3 is 2.62 bits per heavy atom. The van der Waals surface area contributed by atoms with Gasteiger partial charge in [-0.05, 0) is 98.7 Å². The zero-order valence-electron chi connectivity index (χ0n) is 22.2. The number of rotatable bonds is 6. The van der Waals surface area contributed by atoms with Crippen molar-refractivity contribution < 1.29 is 9.90 Å². The molecule has 2 aromatic heterocycles. The first-order valence-electron chi connectivity index (χ1n) is 12.8. The molecule has 7 nitrogen and oxygen atoms in total. The van der Waals surface area contributed by atoms with Gasteiger partial charge >= 0.3 is 0 Å². The van der Waals surface area contributed by atoms with Crippen LogP contribution >= 0.6 is 23.8 Å². The number of hydrogen-bond donors (Lipinski definition) is 3. The van der Waals surface area contributed by atoms with Crippen LogP contribution in [0.15, 0.2) is 66.9 Å². The summed E-state index contributed by atoms with van der Waals surface area (Å²) in [5, 5.41) is 18.3. The third-order valence-electron chi connectivity index (χ3n) is 7.15. The van der Waals surface area contributed by atoms with Crippen LogP contribution < -0.4 is 15.5 Å². The topological polar surface area (TPSA) is 82.4 Å². The molecule has 1 aliphatic rings. The first-order chi connectivity index (χ1) is 18.7. The molecule has 9 heteroatoms. The molecule has 2 aromatic carbocycles. The zero-order valence-corrected chi connectivity index (χ0v) is 23.8. The summed E-state index contributed by atoms with van der Waals surface area (Å²) in [6.45, 7) is 7.84. The fraction of sp³-hybridized carbons (Fsp3) is 0.233. The quantitative estimate of drug-likeness (QED) is 0.229. The summed E-state index contributed by atoms with van der Waals surface area (Å²) in [6.07, 6.45) is 2.19. The Morgan fingerprint density at radius 1 is 1.13 bits per heavy atom. The molecule has 0 bridgehead atoms. The minimum absolute atomic E-state index is 0.0333. The van der Waals surface area contributed by atoms with Crippen LogP contribution in [0.2, 0.25) is 5.02 Å². The first kappa shape index (κ1) is 26.7. The molecule has 3 N–H and O–H groups in total. The maximum absolute atomic E-state index is 12.0. The number of nitrogens with zero attached hydrogens (tertiary/aromatic N) is 3. The molecule has 3 heterocycles. The van der Waals surface area contributed by atoms with Gasteiger partial charge in [0.15, 0.2) is 5.11 Å². The lowest BCUT2D eigenvalue weighted by Crippen LogP contribution is -2.29. The normalized spacial score (nSPS) is 16.8. The number of halogens is 1. The number of aromatic hydroxyl groups is 1. The number of benzene rings is 2. The molecule has 1 aliphatic heterocycles. The number of amides is 1. The molecular weight excluding hydrogens is 530 g/mol. The van der Waals surface area contributed by atoms with Crippen LogP contribution in [0.4, 0.5) is 11.4 Å². The van der Waals surface area contributed by atoms with Crippen molar-refractivity contribution >= 4 is 46.2 Å². The minimum Gasteiger partial charge on any atom is -0.506 e. The largest absolute Gasteiger partial charge is 0.506 e. The van der Waals surface area contributed by atoms with Crippen molar-refractivity contribution in [2.75, 3.05) is 10.2 Å². The van der Waals surface area contributed by atoms with Crippen LogP contribution in [0.3, 0.4) is 0 Å². The number of carbonyl (C=O) groups is 1. The molecule has 1 amide bonds. The maximum Gasteiger partial charge on any atom is 0.224 e. The van der Waals surface area contributed by atoms with E-state index in [1.807, 2.05) is 68.7 Å². The van der Waals surface area contributed by atoms with Crippen molar-refractivity contribution in [3.8, 4) is 11.4 Å². The summed E-state index contributed by atoms with van der Waals surface area (Å²) >= 11 is 12.2. The average molecular weight is 560 g/mol. The van der Waals surface area contributed by atoms with Crippen molar-refractivity contribution in [2.45, 2.75) is 46.2 Å². The lowest BCUT2D eigenvalue weighted by molar-refractivity contribution is -0.115. The Morgan fingerprint density at radius 2 is 1.92 bits per heavy atom. The van der Waals surface area contributed by atoms with Crippen LogP contribution in [-0.4, -0.2) is 25.7 Å². The van der Waals surface area contributed by atoms with Gasteiger partial charge in [-0.2, -0.15) is 0 Å². The SMILES string of the molecule is CCC(=O)Nc1ccc(N2C(=S)N[C@H](c3ccccn3)[C@@H]2c2cc(C)n(-c3cc(Cl)ccc3O)c2C)cc1C. The summed E-state index contributed by atoms with van der Waals surface area (Å²) in [5.74, 6) is 0.111. The second kappa shape index (κ2) is 10.7. The number of carbonyl (C=O) groups excluding carboxylic acids is 1. The van der Waals surface area contributed by atoms with E-state index in [0.29, 0.717) is 22.2 Å². The van der Waals surface area contributed by atoms with Crippen LogP contribution in [0.5, 0.6) is 5.75 Å². The van der Waals surface area contributed by atoms with Gasteiger partial charge in [0.25, 0.3) is 0 Å². The van der Waals surface area contributed by atoms with Gasteiger partial charge in [0, 0.05) is 40.4 Å². The Balaban J connectivity index is 1.65. The number of phenolic OH excluding ortho intramolecular Hbond substituents is 1. The molecule has 1 fully saturated rings. The Labute approximate surface area is 238 Å². The molecule has 1 saturated heterocycles. The molecule has 0 saturated carbocycles. The molecule has 0 aliphatic carbocycles. The van der Waals surface area contributed by atoms with E-state index in [-0.39, 0.29) is 23.7 Å². The molecule has 2 atom stereocenters. The predicted molar refractivity (Wildman–Crippen MR) is 160 cm³/mol. The Hall–Kier alpha value is -3.88. The number of hydrogen-bond acceptors (Lipinski definition) is 4. The van der Waals surface area contributed by atoms with Gasteiger partial charge < -0.3 is 25.2 Å². The van der Waals surface area contributed by atoms with Crippen LogP contribution in [0, 0.1) is 20.8 Å². The van der Waals surface area contributed by atoms with Gasteiger partial charge in [0.05, 0.1) is 23.5 Å². The van der Waals surface area contributed by atoms with Crippen LogP contribution in [0.1, 0.15) is 53.6 Å². The summed E-state index contributed by atoms with van der Waals surface area (Å²) in [5.41, 5.74) is 7.04. The Kier molecular flexibility index (Phi) is 7.34. The van der Waals surface area contributed by atoms with Crippen molar-refractivity contribution in [3.05, 3.63) is 100 Å². The van der Waals surface area contributed by atoms with Crippen molar-refractivity contribution in [1.82, 2.24) is 14.9 Å². The molecular formula is C30H30ClN5O2S. The molecule has 4 aromatic rings. The molecule has 0 unspecified atom stereocenters. The second-order valence-electron chi connectivity index (χ2n) is 9.69. The Bertz CT molecular complexity index is 1570. The first-order valence-corrected chi connectivity index (χ1v) is 13.6. The fourth-order valence-corrected chi connectivity index (χ4v) is 5.77. The molecule has 0 radical (unpaired) electrons. The van der Waals surface area contributed by atoms with E-state index in [1.54, 1.807) is 24.4 Å². The third-order valence-corrected chi connectivity index (χ3v) is 7.70. The molecule has 39 heavy (non-hydrogen) atoms. The molecule has 5 rings (SSSR count). The van der Waals surface area contributed by atoms with Gasteiger partial charge in [-0.1, -0.05) is 24.6 Å². The average Bonchev–Trinajstić information content (AvgIpc) is 3.41. The lowest BCUT2D eigenvalue weighted by atomic mass is 9.96. The van der Waals surface area contributed by atoms with Crippen LogP contribution in [0.25, 0.3) is 5.69 Å². The van der Waals surface area contributed by atoms with Gasteiger partial charge in [0.1, 0.15) is 5.75 Å². The van der Waals surface area contributed by atoms with Crippen molar-refractivity contribution in [2.24, 2.45) is 0 Å². The number of phenols is 1. The zero-order chi connectivity index (χ0) is 27.8. The third kappa shape index (κ3) is 4.97. The van der Waals surface area contributed by atoms with Crippen molar-refractivity contribution in [3.63, 3.8) is 0 Å². The number of thiocarbonyl (C=S) groups is 1. The summed E-state index contributed by atoms with van der Waals surface area (Å²) in [7, 11) is 0. The van der Waals surface area contributed by atoms with Gasteiger partial charge in [-0.25, -0.2) is 0 Å². The van der Waals surface area contributed by atoms with E-state index in [9.17, 15) is 9.90 Å². The highest BCUT2D eigenvalue weighted by atomic mass is 35.5. The lowest BCUT2D eigenvalue weighted by Gasteiger charge is -2.29. The fourth-order valence-electron chi connectivity index (χ4n) is 5.26.